The maximum atomic E-state index is 13.4. The van der Waals surface area contributed by atoms with E-state index >= 15 is 0 Å². The summed E-state index contributed by atoms with van der Waals surface area (Å²) in [4.78, 5) is 20.7. The zero-order chi connectivity index (χ0) is 39.1. The maximum absolute atomic E-state index is 13.4. The number of hydrogen-bond acceptors (Lipinski definition) is 4. The van der Waals surface area contributed by atoms with Gasteiger partial charge >= 0.3 is 0 Å². The first-order valence-corrected chi connectivity index (χ1v) is 21.0. The number of ether oxygens (including phenoxy) is 1. The number of nitrogens with zero attached hydrogens (tertiary/aromatic N) is 2. The van der Waals surface area contributed by atoms with Gasteiger partial charge in [-0.2, -0.15) is 0 Å². The van der Waals surface area contributed by atoms with Crippen LogP contribution in [0.1, 0.15) is 99.5 Å². The van der Waals surface area contributed by atoms with Gasteiger partial charge in [0.25, 0.3) is 5.91 Å². The fourth-order valence-corrected chi connectivity index (χ4v) is 9.83. The van der Waals surface area contributed by atoms with E-state index in [4.69, 9.17) is 9.73 Å². The van der Waals surface area contributed by atoms with Gasteiger partial charge in [0.1, 0.15) is 11.4 Å². The molecule has 6 aromatic rings. The Morgan fingerprint density at radius 1 is 0.772 bits per heavy atom. The molecular weight excluding hydrogens is 699 g/mol. The van der Waals surface area contributed by atoms with E-state index < -0.39 is 5.72 Å². The molecule has 1 amide bonds. The lowest BCUT2D eigenvalue weighted by Crippen LogP contribution is -2.61. The second kappa shape index (κ2) is 15.0. The minimum atomic E-state index is -0.771. The fraction of sp³-hybridized carbons (Fsp3) is 0.308. The van der Waals surface area contributed by atoms with Gasteiger partial charge in [0.15, 0.2) is 0 Å². The highest BCUT2D eigenvalue weighted by molar-refractivity contribution is 6.08. The molecule has 1 fully saturated rings. The van der Waals surface area contributed by atoms with Crippen LogP contribution in [0.5, 0.6) is 5.75 Å². The molecule has 0 saturated heterocycles. The van der Waals surface area contributed by atoms with E-state index in [-0.39, 0.29) is 11.3 Å². The minimum Gasteiger partial charge on any atom is -0.459 e. The molecular formula is C52H53N3O2. The topological polar surface area (TPSA) is 53.9 Å². The summed E-state index contributed by atoms with van der Waals surface area (Å²) in [5.41, 5.74) is 9.35. The predicted molar refractivity (Wildman–Crippen MR) is 237 cm³/mol. The highest BCUT2D eigenvalue weighted by atomic mass is 16.5. The number of fused-ring (bicyclic) bond motifs is 4. The van der Waals surface area contributed by atoms with Gasteiger partial charge in [-0.3, -0.25) is 9.79 Å². The predicted octanol–water partition coefficient (Wildman–Crippen LogP) is 13.5. The Kier molecular flexibility index (Phi) is 9.72. The Hall–Kier alpha value is -5.68. The van der Waals surface area contributed by atoms with Crippen LogP contribution < -0.4 is 15.0 Å². The molecule has 1 spiro atoms. The van der Waals surface area contributed by atoms with Crippen molar-refractivity contribution in [2.24, 2.45) is 10.9 Å². The molecule has 9 rings (SSSR count). The number of carbonyl (C=O) groups excluding carboxylic acids is 1. The molecule has 6 aromatic carbocycles. The zero-order valence-electron chi connectivity index (χ0n) is 33.7. The van der Waals surface area contributed by atoms with Crippen LogP contribution in [0.15, 0.2) is 132 Å². The first-order chi connectivity index (χ1) is 27.8. The van der Waals surface area contributed by atoms with E-state index in [0.29, 0.717) is 11.5 Å². The summed E-state index contributed by atoms with van der Waals surface area (Å²) in [7, 11) is 2.09. The van der Waals surface area contributed by atoms with Crippen molar-refractivity contribution < 1.29 is 9.53 Å². The lowest BCUT2D eigenvalue weighted by atomic mass is 9.77. The third-order valence-electron chi connectivity index (χ3n) is 13.3. The molecule has 2 heterocycles. The Morgan fingerprint density at radius 2 is 1.42 bits per heavy atom. The van der Waals surface area contributed by atoms with Gasteiger partial charge in [-0.1, -0.05) is 124 Å². The van der Waals surface area contributed by atoms with Gasteiger partial charge in [-0.25, -0.2) is 0 Å². The highest BCUT2D eigenvalue weighted by Crippen LogP contribution is 2.55. The van der Waals surface area contributed by atoms with Crippen LogP contribution in [0, 0.1) is 5.92 Å². The largest absolute Gasteiger partial charge is 0.459 e. The number of para-hydroxylation sites is 1. The lowest BCUT2D eigenvalue weighted by Gasteiger charge is -2.45. The first kappa shape index (κ1) is 36.9. The van der Waals surface area contributed by atoms with Crippen LogP contribution in [0.4, 0.5) is 17.1 Å². The molecule has 5 nitrogen and oxygen atoms in total. The van der Waals surface area contributed by atoms with Gasteiger partial charge in [0, 0.05) is 29.4 Å². The molecule has 1 saturated carbocycles. The van der Waals surface area contributed by atoms with Crippen molar-refractivity contribution in [1.29, 1.82) is 0 Å². The fourth-order valence-electron chi connectivity index (χ4n) is 9.83. The van der Waals surface area contributed by atoms with E-state index in [1.165, 1.54) is 68.1 Å². The van der Waals surface area contributed by atoms with Crippen LogP contribution in [-0.4, -0.2) is 24.9 Å². The molecule has 0 radical (unpaired) electrons. The average molecular weight is 752 g/mol. The van der Waals surface area contributed by atoms with Crippen LogP contribution in [0.25, 0.3) is 33.0 Å². The summed E-state index contributed by atoms with van der Waals surface area (Å²) >= 11 is 0. The lowest BCUT2D eigenvalue weighted by molar-refractivity contribution is 0.0827. The Balaban J connectivity index is 0.884. The van der Waals surface area contributed by atoms with Crippen molar-refractivity contribution in [2.45, 2.75) is 89.2 Å². The van der Waals surface area contributed by atoms with Crippen molar-refractivity contribution in [2.75, 3.05) is 17.3 Å². The van der Waals surface area contributed by atoms with E-state index in [9.17, 15) is 4.79 Å². The monoisotopic (exact) mass is 751 g/mol. The SMILES string of the molecule is CCCCC[C@H]1CC[C@H](c2ccc(-c3ccc(C(=O)Nc4ccc(-c5cc6c(c7ccccc57)N=CC5(O6)N(C)c6ccccc6C5(C)C)cc4)cc3)cc2)CC1. The maximum Gasteiger partial charge on any atom is 0.255 e. The summed E-state index contributed by atoms with van der Waals surface area (Å²) in [5, 5.41) is 5.25. The van der Waals surface area contributed by atoms with Gasteiger partial charge in [-0.05, 0) is 127 Å². The summed E-state index contributed by atoms with van der Waals surface area (Å²) < 4.78 is 7.09. The van der Waals surface area contributed by atoms with Crippen LogP contribution in [0.3, 0.4) is 0 Å². The number of benzene rings is 6. The quantitative estimate of drug-likeness (QED) is 0.150. The van der Waals surface area contributed by atoms with Gasteiger partial charge in [-0.15, -0.1) is 0 Å². The number of carbonyl (C=O) groups is 1. The molecule has 3 aliphatic rings. The van der Waals surface area contributed by atoms with Crippen molar-refractivity contribution in [3.05, 3.63) is 144 Å². The van der Waals surface area contributed by atoms with Gasteiger partial charge in [0.2, 0.25) is 5.72 Å². The first-order valence-electron chi connectivity index (χ1n) is 21.0. The van der Waals surface area contributed by atoms with Gasteiger partial charge < -0.3 is 15.0 Å². The van der Waals surface area contributed by atoms with Crippen molar-refractivity contribution >= 4 is 40.0 Å². The molecule has 288 valence electrons. The highest BCUT2D eigenvalue weighted by Gasteiger charge is 2.58. The zero-order valence-corrected chi connectivity index (χ0v) is 33.7. The van der Waals surface area contributed by atoms with E-state index in [0.717, 1.165) is 56.2 Å². The molecule has 1 atom stereocenters. The molecule has 2 aliphatic heterocycles. The Labute approximate surface area is 337 Å². The van der Waals surface area contributed by atoms with Crippen molar-refractivity contribution in [3.63, 3.8) is 0 Å². The molecule has 0 aromatic heterocycles. The number of rotatable bonds is 9. The third kappa shape index (κ3) is 6.61. The van der Waals surface area contributed by atoms with Crippen LogP contribution >= 0.6 is 0 Å². The molecule has 1 unspecified atom stereocenters. The normalized spacial score (nSPS) is 20.6. The molecule has 57 heavy (non-hydrogen) atoms. The molecule has 0 bridgehead atoms. The Bertz CT molecular complexity index is 2440. The number of anilines is 2. The summed E-state index contributed by atoms with van der Waals surface area (Å²) in [6.45, 7) is 6.75. The van der Waals surface area contributed by atoms with Crippen molar-refractivity contribution in [1.82, 2.24) is 0 Å². The second-order valence-electron chi connectivity index (χ2n) is 17.0. The molecule has 1 N–H and O–H groups in total. The number of likely N-dealkylation sites (N-methyl/N-ethyl adjacent to an activating group) is 1. The average Bonchev–Trinajstić information content (AvgIpc) is 3.41. The van der Waals surface area contributed by atoms with E-state index in [2.05, 4.69) is 141 Å². The number of unbranched alkanes of at least 4 members (excludes halogenated alkanes) is 2. The minimum absolute atomic E-state index is 0.130. The summed E-state index contributed by atoms with van der Waals surface area (Å²) in [6, 6.07) is 44.2. The van der Waals surface area contributed by atoms with Crippen molar-refractivity contribution in [3.8, 4) is 28.0 Å². The second-order valence-corrected chi connectivity index (χ2v) is 17.0. The molecule has 1 aliphatic carbocycles. The van der Waals surface area contributed by atoms with E-state index in [1.807, 2.05) is 30.5 Å². The Morgan fingerprint density at radius 3 is 2.12 bits per heavy atom. The number of hydrogen-bond donors (Lipinski definition) is 1. The van der Waals surface area contributed by atoms with Gasteiger partial charge in [0.05, 0.1) is 11.6 Å². The number of aliphatic imine (C=N–C) groups is 1. The smallest absolute Gasteiger partial charge is 0.255 e. The molecule has 5 heteroatoms. The number of amides is 1. The van der Waals surface area contributed by atoms with Crippen LogP contribution in [0.2, 0.25) is 0 Å². The number of nitrogens with one attached hydrogen (secondary N) is 1. The standard InChI is InChI=1S/C52H53N3O2/c1-5-6-7-12-35-17-19-36(20-18-35)37-21-23-38(24-22-37)39-25-27-41(28-26-39)50(56)54-42-31-29-40(30-32-42)45-33-48-49(44-14-9-8-13-43(44)45)53-34-52(57-48)51(2,3)46-15-10-11-16-47(46)55(52)4/h8-11,13-16,21-36H,5-7,12,17-20H2,1-4H3,(H,54,56)/t35-,36-,52?. The van der Waals surface area contributed by atoms with E-state index in [1.54, 1.807) is 0 Å². The summed E-state index contributed by atoms with van der Waals surface area (Å²) in [6.07, 6.45) is 12.8. The third-order valence-corrected chi connectivity index (χ3v) is 13.3. The summed E-state index contributed by atoms with van der Waals surface area (Å²) in [5.74, 6) is 2.23. The van der Waals surface area contributed by atoms with Crippen LogP contribution in [-0.2, 0) is 5.41 Å².